The lowest BCUT2D eigenvalue weighted by atomic mass is 10.1. The van der Waals surface area contributed by atoms with Gasteiger partial charge < -0.3 is 9.84 Å². The monoisotopic (exact) mass is 120 g/mol. The Kier molecular flexibility index (Phi) is 1.49. The SMILES string of the molecule is CC1CC(F)OC1O. The van der Waals surface area contributed by atoms with Crippen LogP contribution >= 0.6 is 0 Å². The molecule has 3 atom stereocenters. The molecule has 0 amide bonds. The molecule has 8 heavy (non-hydrogen) atoms. The van der Waals surface area contributed by atoms with E-state index in [1.807, 2.05) is 0 Å². The van der Waals surface area contributed by atoms with Crippen LogP contribution in [0.15, 0.2) is 0 Å². The highest BCUT2D eigenvalue weighted by Crippen LogP contribution is 2.24. The number of hydrogen-bond acceptors (Lipinski definition) is 2. The van der Waals surface area contributed by atoms with Crippen molar-refractivity contribution in [2.75, 3.05) is 0 Å². The van der Waals surface area contributed by atoms with E-state index in [1.165, 1.54) is 0 Å². The zero-order chi connectivity index (χ0) is 6.15. The first kappa shape index (κ1) is 5.98. The molecule has 0 bridgehead atoms. The average Bonchev–Trinajstić information content (AvgIpc) is 1.85. The summed E-state index contributed by atoms with van der Waals surface area (Å²) in [5.41, 5.74) is 0. The van der Waals surface area contributed by atoms with Crippen LogP contribution < -0.4 is 0 Å². The highest BCUT2D eigenvalue weighted by atomic mass is 19.1. The second-order valence-electron chi connectivity index (χ2n) is 2.15. The lowest BCUT2D eigenvalue weighted by molar-refractivity contribution is -0.138. The highest BCUT2D eigenvalue weighted by Gasteiger charge is 2.29. The number of hydrogen-bond donors (Lipinski definition) is 1. The maximum atomic E-state index is 12.0. The average molecular weight is 120 g/mol. The van der Waals surface area contributed by atoms with Crippen LogP contribution in [0.1, 0.15) is 13.3 Å². The molecule has 1 heterocycles. The number of halogens is 1. The summed E-state index contributed by atoms with van der Waals surface area (Å²) in [6, 6.07) is 0. The maximum absolute atomic E-state index is 12.0. The van der Waals surface area contributed by atoms with Crippen LogP contribution in [0.3, 0.4) is 0 Å². The van der Waals surface area contributed by atoms with Crippen molar-refractivity contribution in [2.45, 2.75) is 26.0 Å². The standard InChI is InChI=1S/C5H9FO2/c1-3-2-4(6)8-5(3)7/h3-5,7H,2H2,1H3. The molecule has 1 aliphatic heterocycles. The normalized spacial score (nSPS) is 47.6. The third-order valence-electron chi connectivity index (χ3n) is 1.33. The third-order valence-corrected chi connectivity index (χ3v) is 1.33. The Morgan fingerprint density at radius 2 is 2.38 bits per heavy atom. The van der Waals surface area contributed by atoms with E-state index in [0.717, 1.165) is 0 Å². The fraction of sp³-hybridized carbons (Fsp3) is 1.00. The summed E-state index contributed by atoms with van der Waals surface area (Å²) in [5.74, 6) is -0.0509. The molecule has 0 aliphatic carbocycles. The van der Waals surface area contributed by atoms with Gasteiger partial charge in [0.15, 0.2) is 6.29 Å². The summed E-state index contributed by atoms with van der Waals surface area (Å²) >= 11 is 0. The number of aliphatic hydroxyl groups is 1. The smallest absolute Gasteiger partial charge is 0.202 e. The van der Waals surface area contributed by atoms with Gasteiger partial charge in [0.1, 0.15) is 0 Å². The Morgan fingerprint density at radius 1 is 1.75 bits per heavy atom. The first-order valence-corrected chi connectivity index (χ1v) is 2.68. The van der Waals surface area contributed by atoms with E-state index in [9.17, 15) is 4.39 Å². The molecule has 1 aliphatic rings. The molecule has 1 fully saturated rings. The number of aliphatic hydroxyl groups excluding tert-OH is 1. The van der Waals surface area contributed by atoms with Crippen molar-refractivity contribution >= 4 is 0 Å². The Morgan fingerprint density at radius 3 is 2.50 bits per heavy atom. The minimum atomic E-state index is -1.25. The van der Waals surface area contributed by atoms with Crippen LogP contribution in [-0.2, 0) is 4.74 Å². The summed E-state index contributed by atoms with van der Waals surface area (Å²) < 4.78 is 16.4. The quantitative estimate of drug-likeness (QED) is 0.508. The van der Waals surface area contributed by atoms with Crippen LogP contribution in [0.2, 0.25) is 0 Å². The van der Waals surface area contributed by atoms with Gasteiger partial charge in [-0.1, -0.05) is 6.92 Å². The van der Waals surface area contributed by atoms with E-state index in [4.69, 9.17) is 5.11 Å². The van der Waals surface area contributed by atoms with Gasteiger partial charge in [-0.25, -0.2) is 4.39 Å². The van der Waals surface area contributed by atoms with Crippen molar-refractivity contribution in [3.63, 3.8) is 0 Å². The topological polar surface area (TPSA) is 29.5 Å². The number of alkyl halides is 1. The van der Waals surface area contributed by atoms with Gasteiger partial charge in [0.05, 0.1) is 0 Å². The van der Waals surface area contributed by atoms with Crippen LogP contribution in [-0.4, -0.2) is 17.8 Å². The van der Waals surface area contributed by atoms with Crippen LogP contribution in [0.4, 0.5) is 4.39 Å². The molecule has 48 valence electrons. The van der Waals surface area contributed by atoms with Gasteiger partial charge in [0.25, 0.3) is 0 Å². The lowest BCUT2D eigenvalue weighted by Gasteiger charge is -2.02. The summed E-state index contributed by atoms with van der Waals surface area (Å²) in [5, 5.41) is 8.71. The molecule has 0 aromatic rings. The summed E-state index contributed by atoms with van der Waals surface area (Å²) in [6.45, 7) is 1.75. The van der Waals surface area contributed by atoms with Gasteiger partial charge in [0, 0.05) is 12.3 Å². The fourth-order valence-corrected chi connectivity index (χ4v) is 0.750. The van der Waals surface area contributed by atoms with Gasteiger partial charge in [-0.2, -0.15) is 0 Å². The summed E-state index contributed by atoms with van der Waals surface area (Å²) in [4.78, 5) is 0. The predicted octanol–water partition coefficient (Wildman–Crippen LogP) is 0.657. The van der Waals surface area contributed by atoms with Crippen LogP contribution in [0, 0.1) is 5.92 Å². The maximum Gasteiger partial charge on any atom is 0.202 e. The number of rotatable bonds is 0. The van der Waals surface area contributed by atoms with Gasteiger partial charge in [-0.3, -0.25) is 0 Å². The first-order valence-electron chi connectivity index (χ1n) is 2.68. The van der Waals surface area contributed by atoms with Crippen LogP contribution in [0.5, 0.6) is 0 Å². The van der Waals surface area contributed by atoms with Crippen molar-refractivity contribution < 1.29 is 14.2 Å². The molecule has 0 radical (unpaired) electrons. The van der Waals surface area contributed by atoms with Gasteiger partial charge in [-0.05, 0) is 0 Å². The fourth-order valence-electron chi connectivity index (χ4n) is 0.750. The summed E-state index contributed by atoms with van der Waals surface area (Å²) in [6.07, 6.45) is -1.81. The molecule has 0 aromatic carbocycles. The van der Waals surface area contributed by atoms with Crippen molar-refractivity contribution in [3.05, 3.63) is 0 Å². The van der Waals surface area contributed by atoms with E-state index in [2.05, 4.69) is 4.74 Å². The Labute approximate surface area is 47.3 Å². The minimum absolute atomic E-state index is 0.0509. The molecule has 0 spiro atoms. The Hall–Kier alpha value is -0.150. The van der Waals surface area contributed by atoms with E-state index in [0.29, 0.717) is 6.42 Å². The zero-order valence-corrected chi connectivity index (χ0v) is 4.67. The van der Waals surface area contributed by atoms with Crippen molar-refractivity contribution in [1.29, 1.82) is 0 Å². The van der Waals surface area contributed by atoms with E-state index < -0.39 is 12.6 Å². The second-order valence-corrected chi connectivity index (χ2v) is 2.15. The first-order chi connectivity index (χ1) is 3.70. The lowest BCUT2D eigenvalue weighted by Crippen LogP contribution is -2.11. The molecule has 2 nitrogen and oxygen atoms in total. The molecule has 1 rings (SSSR count). The van der Waals surface area contributed by atoms with Gasteiger partial charge in [-0.15, -0.1) is 0 Å². The van der Waals surface area contributed by atoms with Crippen molar-refractivity contribution in [1.82, 2.24) is 0 Å². The van der Waals surface area contributed by atoms with E-state index in [1.54, 1.807) is 6.92 Å². The van der Waals surface area contributed by atoms with Gasteiger partial charge >= 0.3 is 0 Å². The van der Waals surface area contributed by atoms with Gasteiger partial charge in [0.2, 0.25) is 6.36 Å². The zero-order valence-electron chi connectivity index (χ0n) is 4.67. The van der Waals surface area contributed by atoms with E-state index in [-0.39, 0.29) is 5.92 Å². The predicted molar refractivity (Wildman–Crippen MR) is 25.8 cm³/mol. The molecule has 0 saturated carbocycles. The van der Waals surface area contributed by atoms with E-state index >= 15 is 0 Å². The highest BCUT2D eigenvalue weighted by molar-refractivity contribution is 4.65. The van der Waals surface area contributed by atoms with Crippen LogP contribution in [0.25, 0.3) is 0 Å². The Balaban J connectivity index is 2.39. The molecular weight excluding hydrogens is 111 g/mol. The summed E-state index contributed by atoms with van der Waals surface area (Å²) in [7, 11) is 0. The molecule has 3 unspecified atom stereocenters. The molecule has 3 heteroatoms. The second kappa shape index (κ2) is 1.99. The molecular formula is C5H9FO2. The largest absolute Gasteiger partial charge is 0.368 e. The number of ether oxygens (including phenoxy) is 1. The molecule has 0 aromatic heterocycles. The minimum Gasteiger partial charge on any atom is -0.368 e. The third kappa shape index (κ3) is 0.980. The molecule has 1 N–H and O–H groups in total. The Bertz CT molecular complexity index is 76.5. The van der Waals surface area contributed by atoms with Crippen molar-refractivity contribution in [2.24, 2.45) is 5.92 Å². The van der Waals surface area contributed by atoms with Crippen molar-refractivity contribution in [3.8, 4) is 0 Å². The molecule has 1 saturated heterocycles.